The number of aromatic hydroxyl groups is 1. The van der Waals surface area contributed by atoms with Crippen LogP contribution in [-0.4, -0.2) is 29.5 Å². The van der Waals surface area contributed by atoms with Crippen LogP contribution >= 0.6 is 0 Å². The molecule has 0 aromatic heterocycles. The van der Waals surface area contributed by atoms with Gasteiger partial charge >= 0.3 is 0 Å². The quantitative estimate of drug-likeness (QED) is 0.747. The maximum atomic E-state index is 14.1. The van der Waals surface area contributed by atoms with Gasteiger partial charge in [-0.1, -0.05) is 26.7 Å². The summed E-state index contributed by atoms with van der Waals surface area (Å²) < 4.78 is 14.1. The summed E-state index contributed by atoms with van der Waals surface area (Å²) in [7, 11) is 0. The lowest BCUT2D eigenvalue weighted by Gasteiger charge is -2.41. The zero-order chi connectivity index (χ0) is 20.3. The lowest BCUT2D eigenvalue weighted by molar-refractivity contribution is -0.120. The highest BCUT2D eigenvalue weighted by Crippen LogP contribution is 2.38. The fourth-order valence-corrected chi connectivity index (χ4v) is 3.60. The largest absolute Gasteiger partial charge is 0.508 e. The van der Waals surface area contributed by atoms with Crippen LogP contribution in [0.1, 0.15) is 49.9 Å². The molecular formula is C22H25FN2O3. The van der Waals surface area contributed by atoms with E-state index in [2.05, 4.69) is 6.92 Å². The van der Waals surface area contributed by atoms with Crippen molar-refractivity contribution < 1.29 is 19.1 Å². The van der Waals surface area contributed by atoms with Gasteiger partial charge in [0.15, 0.2) is 0 Å². The molecule has 28 heavy (non-hydrogen) atoms. The Balaban J connectivity index is 2.06. The number of rotatable bonds is 6. The molecule has 1 aliphatic heterocycles. The van der Waals surface area contributed by atoms with Crippen molar-refractivity contribution in [1.82, 2.24) is 0 Å². The van der Waals surface area contributed by atoms with Gasteiger partial charge in [-0.25, -0.2) is 4.39 Å². The van der Waals surface area contributed by atoms with Gasteiger partial charge in [0.1, 0.15) is 17.6 Å². The topological polar surface area (TPSA) is 60.9 Å². The molecule has 0 spiro atoms. The molecule has 2 amide bonds. The Morgan fingerprint density at radius 1 is 1.07 bits per heavy atom. The van der Waals surface area contributed by atoms with Gasteiger partial charge in [-0.05, 0) is 55.3 Å². The van der Waals surface area contributed by atoms with E-state index < -0.39 is 11.9 Å². The van der Waals surface area contributed by atoms with Gasteiger partial charge < -0.3 is 10.0 Å². The van der Waals surface area contributed by atoms with Crippen LogP contribution in [0.4, 0.5) is 15.8 Å². The number of carbonyl (C=O) groups excluding carboxylic acids is 2. The first-order chi connectivity index (χ1) is 13.5. The first kappa shape index (κ1) is 19.9. The van der Waals surface area contributed by atoms with Gasteiger partial charge in [-0.2, -0.15) is 0 Å². The molecule has 1 aliphatic rings. The molecule has 0 aliphatic carbocycles. The van der Waals surface area contributed by atoms with Crippen molar-refractivity contribution in [1.29, 1.82) is 0 Å². The predicted octanol–water partition coefficient (Wildman–Crippen LogP) is 4.49. The Bertz CT molecular complexity index is 867. The number of hydrogen-bond donors (Lipinski definition) is 1. The molecule has 3 rings (SSSR count). The van der Waals surface area contributed by atoms with E-state index in [1.807, 2.05) is 6.92 Å². The number of benzene rings is 2. The third-order valence-corrected chi connectivity index (χ3v) is 5.06. The number of nitrogens with zero attached hydrogens (tertiary/aromatic N) is 2. The SMILES string of the molecule is CCCCCN1C(=O)[C@@H](CC)N(C(=O)c2ccc(O)cc2)c2cc(F)ccc21. The van der Waals surface area contributed by atoms with Crippen molar-refractivity contribution in [2.24, 2.45) is 0 Å². The minimum Gasteiger partial charge on any atom is -0.508 e. The van der Waals surface area contributed by atoms with Crippen molar-refractivity contribution in [3.63, 3.8) is 0 Å². The van der Waals surface area contributed by atoms with Gasteiger partial charge in [-0.15, -0.1) is 0 Å². The van der Waals surface area contributed by atoms with Gasteiger partial charge in [0.05, 0.1) is 11.4 Å². The third kappa shape index (κ3) is 3.72. The highest BCUT2D eigenvalue weighted by Gasteiger charge is 2.40. The van der Waals surface area contributed by atoms with Gasteiger partial charge in [0.25, 0.3) is 5.91 Å². The summed E-state index contributed by atoms with van der Waals surface area (Å²) in [5.74, 6) is -0.947. The smallest absolute Gasteiger partial charge is 0.259 e. The Kier molecular flexibility index (Phi) is 5.97. The second kappa shape index (κ2) is 8.42. The molecule has 5 nitrogen and oxygen atoms in total. The number of halogens is 1. The zero-order valence-electron chi connectivity index (χ0n) is 16.2. The molecule has 0 unspecified atom stereocenters. The van der Waals surface area contributed by atoms with Gasteiger partial charge in [-0.3, -0.25) is 14.5 Å². The summed E-state index contributed by atoms with van der Waals surface area (Å²) in [6.45, 7) is 4.48. The Hall–Kier alpha value is -2.89. The van der Waals surface area contributed by atoms with Crippen molar-refractivity contribution in [3.05, 3.63) is 53.8 Å². The summed E-state index contributed by atoms with van der Waals surface area (Å²) in [6, 6.07) is 9.34. The van der Waals surface area contributed by atoms with E-state index >= 15 is 0 Å². The fraction of sp³-hybridized carbons (Fsp3) is 0.364. The van der Waals surface area contributed by atoms with E-state index in [1.54, 1.807) is 11.0 Å². The monoisotopic (exact) mass is 384 g/mol. The van der Waals surface area contributed by atoms with E-state index in [4.69, 9.17) is 0 Å². The molecule has 148 valence electrons. The van der Waals surface area contributed by atoms with Gasteiger partial charge in [0.2, 0.25) is 5.91 Å². The van der Waals surface area contributed by atoms with Crippen LogP contribution in [-0.2, 0) is 4.79 Å². The predicted molar refractivity (Wildman–Crippen MR) is 107 cm³/mol. The van der Waals surface area contributed by atoms with E-state index in [0.29, 0.717) is 29.9 Å². The van der Waals surface area contributed by atoms with Crippen molar-refractivity contribution in [3.8, 4) is 5.75 Å². The normalized spacial score (nSPS) is 16.2. The van der Waals surface area contributed by atoms with E-state index in [0.717, 1.165) is 19.3 Å². The number of amides is 2. The van der Waals surface area contributed by atoms with Crippen LogP contribution in [0.2, 0.25) is 0 Å². The molecule has 1 N–H and O–H groups in total. The standard InChI is InChI=1S/C22H25FN2O3/c1-3-5-6-13-24-19-12-9-16(23)14-20(19)25(18(4-2)22(24)28)21(27)15-7-10-17(26)11-8-15/h7-12,14,18,26H,3-6,13H2,1-2H3/t18-/m1/s1. The minimum atomic E-state index is -0.697. The molecule has 0 fully saturated rings. The molecule has 0 bridgehead atoms. The van der Waals surface area contributed by atoms with Crippen LogP contribution in [0.3, 0.4) is 0 Å². The second-order valence-corrected chi connectivity index (χ2v) is 6.98. The Labute approximate surface area is 164 Å². The number of anilines is 2. The summed E-state index contributed by atoms with van der Waals surface area (Å²) in [4.78, 5) is 29.5. The number of carbonyl (C=O) groups is 2. The molecule has 0 saturated carbocycles. The number of fused-ring (bicyclic) bond motifs is 1. The number of unbranched alkanes of at least 4 members (excludes halogenated alkanes) is 2. The van der Waals surface area contributed by atoms with Crippen molar-refractivity contribution in [2.75, 3.05) is 16.3 Å². The average Bonchev–Trinajstić information content (AvgIpc) is 2.69. The highest BCUT2D eigenvalue weighted by molar-refractivity contribution is 6.17. The summed E-state index contributed by atoms with van der Waals surface area (Å²) >= 11 is 0. The number of phenolic OH excluding ortho intramolecular Hbond substituents is 1. The third-order valence-electron chi connectivity index (χ3n) is 5.06. The molecule has 0 saturated heterocycles. The first-order valence-electron chi connectivity index (χ1n) is 9.71. The molecule has 1 heterocycles. The maximum absolute atomic E-state index is 14.1. The summed E-state index contributed by atoms with van der Waals surface area (Å²) in [6.07, 6.45) is 3.29. The molecule has 0 radical (unpaired) electrons. The average molecular weight is 384 g/mol. The van der Waals surface area contributed by atoms with Crippen LogP contribution in [0.15, 0.2) is 42.5 Å². The summed E-state index contributed by atoms with van der Waals surface area (Å²) in [5.41, 5.74) is 1.29. The van der Waals surface area contributed by atoms with Crippen LogP contribution in [0.25, 0.3) is 0 Å². The highest BCUT2D eigenvalue weighted by atomic mass is 19.1. The second-order valence-electron chi connectivity index (χ2n) is 6.98. The Morgan fingerprint density at radius 2 is 1.79 bits per heavy atom. The maximum Gasteiger partial charge on any atom is 0.259 e. The van der Waals surface area contributed by atoms with Crippen molar-refractivity contribution in [2.45, 2.75) is 45.6 Å². The molecular weight excluding hydrogens is 359 g/mol. The van der Waals surface area contributed by atoms with E-state index in [-0.39, 0.29) is 17.6 Å². The van der Waals surface area contributed by atoms with E-state index in [9.17, 15) is 19.1 Å². The molecule has 2 aromatic rings. The minimum absolute atomic E-state index is 0.0480. The fourth-order valence-electron chi connectivity index (χ4n) is 3.60. The number of phenols is 1. The van der Waals surface area contributed by atoms with Crippen LogP contribution in [0, 0.1) is 5.82 Å². The lowest BCUT2D eigenvalue weighted by atomic mass is 10.0. The van der Waals surface area contributed by atoms with E-state index in [1.165, 1.54) is 41.3 Å². The van der Waals surface area contributed by atoms with Crippen LogP contribution in [0.5, 0.6) is 5.75 Å². The Morgan fingerprint density at radius 3 is 2.43 bits per heavy atom. The summed E-state index contributed by atoms with van der Waals surface area (Å²) in [5, 5.41) is 9.49. The first-order valence-corrected chi connectivity index (χ1v) is 9.71. The molecule has 2 aromatic carbocycles. The molecule has 1 atom stereocenters. The van der Waals surface area contributed by atoms with Crippen LogP contribution < -0.4 is 9.80 Å². The number of hydrogen-bond acceptors (Lipinski definition) is 3. The lowest BCUT2D eigenvalue weighted by Crippen LogP contribution is -2.55. The van der Waals surface area contributed by atoms with Crippen molar-refractivity contribution >= 4 is 23.2 Å². The van der Waals surface area contributed by atoms with Gasteiger partial charge in [0, 0.05) is 12.1 Å². The zero-order valence-corrected chi connectivity index (χ0v) is 16.2. The molecule has 6 heteroatoms.